The van der Waals surface area contributed by atoms with Crippen molar-refractivity contribution in [3.63, 3.8) is 0 Å². The summed E-state index contributed by atoms with van der Waals surface area (Å²) in [6, 6.07) is 4.13. The summed E-state index contributed by atoms with van der Waals surface area (Å²) in [7, 11) is 0. The molecule has 98 valence electrons. The standard InChI is InChI=1S/C14H18FNO2/c1-2-6-14(7-8-14)9-16-12-10(13(17)18)4-3-5-11(12)15/h3-5,16H,2,6-9H2,1H3,(H,17,18). The lowest BCUT2D eigenvalue weighted by molar-refractivity contribution is 0.0697. The van der Waals surface area contributed by atoms with Crippen molar-refractivity contribution in [3.8, 4) is 0 Å². The quantitative estimate of drug-likeness (QED) is 0.813. The van der Waals surface area contributed by atoms with Gasteiger partial charge < -0.3 is 10.4 Å². The maximum Gasteiger partial charge on any atom is 0.337 e. The largest absolute Gasteiger partial charge is 0.478 e. The Morgan fingerprint density at radius 1 is 1.50 bits per heavy atom. The molecule has 1 fully saturated rings. The minimum atomic E-state index is -1.10. The summed E-state index contributed by atoms with van der Waals surface area (Å²) in [5.41, 5.74) is 0.377. The topological polar surface area (TPSA) is 49.3 Å². The van der Waals surface area contributed by atoms with Crippen LogP contribution in [0.3, 0.4) is 0 Å². The number of carboxylic acid groups (broad SMARTS) is 1. The number of anilines is 1. The average molecular weight is 251 g/mol. The van der Waals surface area contributed by atoms with Crippen LogP contribution in [-0.2, 0) is 0 Å². The molecule has 0 saturated heterocycles. The fourth-order valence-electron chi connectivity index (χ4n) is 2.38. The molecule has 3 nitrogen and oxygen atoms in total. The van der Waals surface area contributed by atoms with Crippen molar-refractivity contribution in [3.05, 3.63) is 29.6 Å². The highest BCUT2D eigenvalue weighted by Crippen LogP contribution is 2.49. The summed E-state index contributed by atoms with van der Waals surface area (Å²) in [6.07, 6.45) is 4.50. The minimum Gasteiger partial charge on any atom is -0.478 e. The maximum absolute atomic E-state index is 13.7. The Morgan fingerprint density at radius 2 is 2.22 bits per heavy atom. The van der Waals surface area contributed by atoms with Crippen LogP contribution in [0, 0.1) is 11.2 Å². The highest BCUT2D eigenvalue weighted by atomic mass is 19.1. The Bertz CT molecular complexity index is 455. The van der Waals surface area contributed by atoms with Crippen molar-refractivity contribution in [1.82, 2.24) is 0 Å². The molecule has 1 aromatic rings. The Labute approximate surface area is 106 Å². The second-order valence-corrected chi connectivity index (χ2v) is 5.07. The molecule has 0 spiro atoms. The number of rotatable bonds is 6. The maximum atomic E-state index is 13.7. The van der Waals surface area contributed by atoms with E-state index in [2.05, 4.69) is 12.2 Å². The summed E-state index contributed by atoms with van der Waals surface area (Å²) in [5.74, 6) is -1.60. The normalized spacial score (nSPS) is 16.3. The van der Waals surface area contributed by atoms with Gasteiger partial charge in [0.25, 0.3) is 0 Å². The molecule has 1 saturated carbocycles. The molecule has 4 heteroatoms. The van der Waals surface area contributed by atoms with E-state index in [9.17, 15) is 9.18 Å². The lowest BCUT2D eigenvalue weighted by atomic mass is 10.0. The molecular formula is C14H18FNO2. The molecule has 0 unspecified atom stereocenters. The van der Waals surface area contributed by atoms with Crippen LogP contribution in [0.25, 0.3) is 0 Å². The van der Waals surface area contributed by atoms with Crippen LogP contribution >= 0.6 is 0 Å². The Morgan fingerprint density at radius 3 is 2.78 bits per heavy atom. The van der Waals surface area contributed by atoms with E-state index in [1.165, 1.54) is 18.2 Å². The predicted octanol–water partition coefficient (Wildman–Crippen LogP) is 3.52. The first-order chi connectivity index (χ1) is 8.58. The molecule has 0 aliphatic heterocycles. The van der Waals surface area contributed by atoms with Gasteiger partial charge in [-0.2, -0.15) is 0 Å². The van der Waals surface area contributed by atoms with Crippen molar-refractivity contribution in [2.24, 2.45) is 5.41 Å². The zero-order valence-electron chi connectivity index (χ0n) is 10.5. The van der Waals surface area contributed by atoms with Gasteiger partial charge in [-0.25, -0.2) is 9.18 Å². The van der Waals surface area contributed by atoms with Crippen molar-refractivity contribution >= 4 is 11.7 Å². The molecule has 18 heavy (non-hydrogen) atoms. The second kappa shape index (κ2) is 4.96. The predicted molar refractivity (Wildman–Crippen MR) is 68.4 cm³/mol. The Kier molecular flexibility index (Phi) is 3.55. The number of carbonyl (C=O) groups is 1. The molecule has 0 atom stereocenters. The van der Waals surface area contributed by atoms with E-state index in [4.69, 9.17) is 5.11 Å². The lowest BCUT2D eigenvalue weighted by Crippen LogP contribution is -2.18. The number of hydrogen-bond acceptors (Lipinski definition) is 2. The van der Waals surface area contributed by atoms with E-state index >= 15 is 0 Å². The molecule has 2 N–H and O–H groups in total. The second-order valence-electron chi connectivity index (χ2n) is 5.07. The van der Waals surface area contributed by atoms with Crippen LogP contribution in [0.15, 0.2) is 18.2 Å². The number of carboxylic acids is 1. The van der Waals surface area contributed by atoms with Gasteiger partial charge in [0.15, 0.2) is 0 Å². The molecule has 0 bridgehead atoms. The monoisotopic (exact) mass is 251 g/mol. The van der Waals surface area contributed by atoms with E-state index in [0.717, 1.165) is 25.7 Å². The third-order valence-electron chi connectivity index (χ3n) is 3.62. The van der Waals surface area contributed by atoms with E-state index < -0.39 is 11.8 Å². The SMILES string of the molecule is CCCC1(CNc2c(F)cccc2C(=O)O)CC1. The molecule has 1 aromatic carbocycles. The van der Waals surface area contributed by atoms with Gasteiger partial charge in [0.1, 0.15) is 5.82 Å². The van der Waals surface area contributed by atoms with Crippen LogP contribution in [0.2, 0.25) is 0 Å². The number of benzene rings is 1. The fraction of sp³-hybridized carbons (Fsp3) is 0.500. The van der Waals surface area contributed by atoms with Gasteiger partial charge >= 0.3 is 5.97 Å². The van der Waals surface area contributed by atoms with Crippen LogP contribution in [0.1, 0.15) is 43.0 Å². The number of nitrogens with one attached hydrogen (secondary N) is 1. The molecule has 0 aromatic heterocycles. The average Bonchev–Trinajstić information content (AvgIpc) is 3.08. The van der Waals surface area contributed by atoms with Crippen molar-refractivity contribution in [2.75, 3.05) is 11.9 Å². The van der Waals surface area contributed by atoms with Gasteiger partial charge in [0, 0.05) is 6.54 Å². The summed E-state index contributed by atoms with van der Waals surface area (Å²) < 4.78 is 13.7. The van der Waals surface area contributed by atoms with E-state index in [-0.39, 0.29) is 16.7 Å². The fourth-order valence-corrected chi connectivity index (χ4v) is 2.38. The zero-order chi connectivity index (χ0) is 13.2. The summed E-state index contributed by atoms with van der Waals surface area (Å²) in [6.45, 7) is 2.79. The number of halogens is 1. The first kappa shape index (κ1) is 12.9. The van der Waals surface area contributed by atoms with Gasteiger partial charge in [-0.05, 0) is 36.8 Å². The van der Waals surface area contributed by atoms with Gasteiger partial charge in [-0.15, -0.1) is 0 Å². The van der Waals surface area contributed by atoms with Crippen molar-refractivity contribution in [1.29, 1.82) is 0 Å². The van der Waals surface area contributed by atoms with Gasteiger partial charge in [0.2, 0.25) is 0 Å². The zero-order valence-corrected chi connectivity index (χ0v) is 10.5. The van der Waals surface area contributed by atoms with E-state index in [1.54, 1.807) is 0 Å². The highest BCUT2D eigenvalue weighted by molar-refractivity contribution is 5.94. The van der Waals surface area contributed by atoms with Crippen LogP contribution < -0.4 is 5.32 Å². The molecule has 1 aliphatic carbocycles. The Balaban J connectivity index is 2.11. The summed E-state index contributed by atoms with van der Waals surface area (Å²) in [5, 5.41) is 12.0. The molecule has 0 radical (unpaired) electrons. The lowest BCUT2D eigenvalue weighted by Gasteiger charge is -2.17. The van der Waals surface area contributed by atoms with Crippen LogP contribution in [0.4, 0.5) is 10.1 Å². The van der Waals surface area contributed by atoms with Gasteiger partial charge in [0.05, 0.1) is 11.3 Å². The smallest absolute Gasteiger partial charge is 0.337 e. The minimum absolute atomic E-state index is 0.00213. The Hall–Kier alpha value is -1.58. The van der Waals surface area contributed by atoms with E-state index in [0.29, 0.717) is 6.54 Å². The number of hydrogen-bond donors (Lipinski definition) is 2. The van der Waals surface area contributed by atoms with Crippen molar-refractivity contribution < 1.29 is 14.3 Å². The molecule has 2 rings (SSSR count). The number of aromatic carboxylic acids is 1. The van der Waals surface area contributed by atoms with Crippen molar-refractivity contribution in [2.45, 2.75) is 32.6 Å². The van der Waals surface area contributed by atoms with Crippen LogP contribution in [-0.4, -0.2) is 17.6 Å². The first-order valence-corrected chi connectivity index (χ1v) is 6.34. The molecule has 1 aliphatic rings. The first-order valence-electron chi connectivity index (χ1n) is 6.34. The highest BCUT2D eigenvalue weighted by Gasteiger charge is 2.41. The third kappa shape index (κ3) is 2.63. The van der Waals surface area contributed by atoms with Gasteiger partial charge in [-0.3, -0.25) is 0 Å². The molecule has 0 amide bonds. The third-order valence-corrected chi connectivity index (χ3v) is 3.62. The van der Waals surface area contributed by atoms with E-state index in [1.807, 2.05) is 0 Å². The van der Waals surface area contributed by atoms with Crippen LogP contribution in [0.5, 0.6) is 0 Å². The molecule has 0 heterocycles. The molecular weight excluding hydrogens is 233 g/mol. The summed E-state index contributed by atoms with van der Waals surface area (Å²) >= 11 is 0. The number of para-hydroxylation sites is 1. The van der Waals surface area contributed by atoms with Gasteiger partial charge in [-0.1, -0.05) is 19.4 Å². The summed E-state index contributed by atoms with van der Waals surface area (Å²) in [4.78, 5) is 11.0.